The molecule has 2 rings (SSSR count). The monoisotopic (exact) mass is 317 g/mol. The van der Waals surface area contributed by atoms with Gasteiger partial charge < -0.3 is 15.5 Å². The van der Waals surface area contributed by atoms with E-state index in [1.165, 1.54) is 25.7 Å². The zero-order valence-electron chi connectivity index (χ0n) is 12.9. The van der Waals surface area contributed by atoms with Crippen LogP contribution in [-0.2, 0) is 9.59 Å². The van der Waals surface area contributed by atoms with Crippen molar-refractivity contribution in [2.24, 2.45) is 11.7 Å². The lowest BCUT2D eigenvalue weighted by atomic mass is 10.0. The molecular weight excluding hydrogens is 290 g/mol. The zero-order valence-corrected chi connectivity index (χ0v) is 13.7. The van der Waals surface area contributed by atoms with Crippen molar-refractivity contribution in [3.8, 4) is 0 Å². The molecule has 122 valence electrons. The first-order valence-electron chi connectivity index (χ1n) is 7.90. The predicted octanol–water partition coefficient (Wildman–Crippen LogP) is 1.40. The van der Waals surface area contributed by atoms with Gasteiger partial charge in [-0.2, -0.15) is 0 Å². The van der Waals surface area contributed by atoms with Crippen molar-refractivity contribution in [2.75, 3.05) is 26.2 Å². The fourth-order valence-electron chi connectivity index (χ4n) is 3.25. The Labute approximate surface area is 133 Å². The molecule has 0 bridgehead atoms. The van der Waals surface area contributed by atoms with Crippen molar-refractivity contribution < 1.29 is 9.59 Å². The molecule has 1 atom stereocenters. The molecule has 0 aromatic rings. The maximum atomic E-state index is 12.2. The highest BCUT2D eigenvalue weighted by Gasteiger charge is 2.26. The van der Waals surface area contributed by atoms with Crippen LogP contribution in [0, 0.1) is 5.92 Å². The van der Waals surface area contributed by atoms with E-state index in [9.17, 15) is 9.59 Å². The predicted molar refractivity (Wildman–Crippen MR) is 85.2 cm³/mol. The Morgan fingerprint density at radius 3 is 2.14 bits per heavy atom. The molecule has 21 heavy (non-hydrogen) atoms. The molecule has 0 spiro atoms. The van der Waals surface area contributed by atoms with Crippen LogP contribution >= 0.6 is 12.4 Å². The summed E-state index contributed by atoms with van der Waals surface area (Å²) in [5.41, 5.74) is 5.61. The van der Waals surface area contributed by atoms with Gasteiger partial charge in [-0.3, -0.25) is 9.59 Å². The molecule has 2 fully saturated rings. The highest BCUT2D eigenvalue weighted by atomic mass is 35.5. The molecule has 0 aromatic heterocycles. The third-order valence-electron chi connectivity index (χ3n) is 4.57. The molecule has 1 heterocycles. The maximum Gasteiger partial charge on any atom is 0.239 e. The summed E-state index contributed by atoms with van der Waals surface area (Å²) >= 11 is 0. The second kappa shape index (κ2) is 8.59. The average molecular weight is 318 g/mol. The fraction of sp³-hybridized carbons (Fsp3) is 0.867. The van der Waals surface area contributed by atoms with E-state index >= 15 is 0 Å². The van der Waals surface area contributed by atoms with E-state index in [-0.39, 0.29) is 24.2 Å². The van der Waals surface area contributed by atoms with Gasteiger partial charge in [-0.1, -0.05) is 25.7 Å². The van der Waals surface area contributed by atoms with Gasteiger partial charge in [-0.05, 0) is 19.3 Å². The molecule has 0 aromatic carbocycles. The second-order valence-corrected chi connectivity index (χ2v) is 6.18. The highest BCUT2D eigenvalue weighted by molar-refractivity contribution is 5.85. The van der Waals surface area contributed by atoms with E-state index in [1.807, 2.05) is 4.90 Å². The van der Waals surface area contributed by atoms with Crippen molar-refractivity contribution >= 4 is 24.2 Å². The van der Waals surface area contributed by atoms with Crippen molar-refractivity contribution in [1.82, 2.24) is 9.80 Å². The van der Waals surface area contributed by atoms with Gasteiger partial charge in [0, 0.05) is 32.6 Å². The van der Waals surface area contributed by atoms with Crippen LogP contribution in [0.5, 0.6) is 0 Å². The summed E-state index contributed by atoms with van der Waals surface area (Å²) in [6.07, 6.45) is 6.96. The standard InChI is InChI=1S/C15H27N3O2.ClH/c1-12(16)15(20)18-10-8-17(9-11-18)14(19)7-6-13-4-2-3-5-13;/h12-13H,2-11,16H2,1H3;1H/t12-;/m1./s1. The van der Waals surface area contributed by atoms with E-state index in [0.717, 1.165) is 12.3 Å². The molecule has 2 aliphatic rings. The summed E-state index contributed by atoms with van der Waals surface area (Å²) in [7, 11) is 0. The van der Waals surface area contributed by atoms with Crippen LogP contribution in [0.25, 0.3) is 0 Å². The highest BCUT2D eigenvalue weighted by Crippen LogP contribution is 2.28. The van der Waals surface area contributed by atoms with Crippen LogP contribution in [0.3, 0.4) is 0 Å². The molecule has 0 unspecified atom stereocenters. The second-order valence-electron chi connectivity index (χ2n) is 6.18. The number of nitrogens with two attached hydrogens (primary N) is 1. The number of carbonyl (C=O) groups excluding carboxylic acids is 2. The SMILES string of the molecule is C[C@@H](N)C(=O)N1CCN(C(=O)CCC2CCCC2)CC1.Cl. The third kappa shape index (κ3) is 5.15. The Morgan fingerprint density at radius 1 is 1.10 bits per heavy atom. The molecule has 2 amide bonds. The van der Waals surface area contributed by atoms with Gasteiger partial charge in [-0.15, -0.1) is 12.4 Å². The molecule has 1 saturated heterocycles. The fourth-order valence-corrected chi connectivity index (χ4v) is 3.25. The Kier molecular flexibility index (Phi) is 7.46. The minimum absolute atomic E-state index is 0. The molecule has 5 nitrogen and oxygen atoms in total. The normalized spacial score (nSPS) is 21.0. The number of rotatable bonds is 4. The molecule has 1 aliphatic heterocycles. The number of nitrogens with zero attached hydrogens (tertiary/aromatic N) is 2. The first-order valence-corrected chi connectivity index (χ1v) is 7.90. The van der Waals surface area contributed by atoms with Crippen molar-refractivity contribution in [1.29, 1.82) is 0 Å². The Morgan fingerprint density at radius 2 is 1.62 bits per heavy atom. The average Bonchev–Trinajstić information content (AvgIpc) is 2.97. The summed E-state index contributed by atoms with van der Waals surface area (Å²) in [5.74, 6) is 1.01. The molecular formula is C15H28ClN3O2. The first kappa shape index (κ1) is 18.2. The minimum atomic E-state index is -0.445. The van der Waals surface area contributed by atoms with Gasteiger partial charge in [0.25, 0.3) is 0 Å². The summed E-state index contributed by atoms with van der Waals surface area (Å²) in [4.78, 5) is 27.6. The van der Waals surface area contributed by atoms with Crippen molar-refractivity contribution in [2.45, 2.75) is 51.5 Å². The number of halogens is 1. The van der Waals surface area contributed by atoms with Gasteiger partial charge in [-0.25, -0.2) is 0 Å². The quantitative estimate of drug-likeness (QED) is 0.852. The van der Waals surface area contributed by atoms with Gasteiger partial charge in [0.15, 0.2) is 0 Å². The van der Waals surface area contributed by atoms with Crippen LogP contribution in [0.1, 0.15) is 45.4 Å². The molecule has 2 N–H and O–H groups in total. The van der Waals surface area contributed by atoms with E-state index < -0.39 is 6.04 Å². The van der Waals surface area contributed by atoms with Crippen LogP contribution in [0.2, 0.25) is 0 Å². The van der Waals surface area contributed by atoms with E-state index in [4.69, 9.17) is 5.73 Å². The third-order valence-corrected chi connectivity index (χ3v) is 4.57. The van der Waals surface area contributed by atoms with E-state index in [0.29, 0.717) is 32.6 Å². The van der Waals surface area contributed by atoms with E-state index in [2.05, 4.69) is 0 Å². The Hall–Kier alpha value is -0.810. The lowest BCUT2D eigenvalue weighted by Gasteiger charge is -2.35. The van der Waals surface area contributed by atoms with Crippen LogP contribution < -0.4 is 5.73 Å². The van der Waals surface area contributed by atoms with Crippen molar-refractivity contribution in [3.63, 3.8) is 0 Å². The summed E-state index contributed by atoms with van der Waals surface area (Å²) in [5, 5.41) is 0. The molecule has 1 aliphatic carbocycles. The lowest BCUT2D eigenvalue weighted by molar-refractivity contribution is -0.140. The van der Waals surface area contributed by atoms with Gasteiger partial charge in [0.05, 0.1) is 6.04 Å². The largest absolute Gasteiger partial charge is 0.339 e. The lowest BCUT2D eigenvalue weighted by Crippen LogP contribution is -2.53. The number of carbonyl (C=O) groups is 2. The van der Waals surface area contributed by atoms with Crippen LogP contribution in [0.4, 0.5) is 0 Å². The van der Waals surface area contributed by atoms with Gasteiger partial charge in [0.1, 0.15) is 0 Å². The number of hydrogen-bond donors (Lipinski definition) is 1. The number of piperazine rings is 1. The van der Waals surface area contributed by atoms with Crippen LogP contribution in [-0.4, -0.2) is 53.8 Å². The Balaban J connectivity index is 0.00000220. The first-order chi connectivity index (χ1) is 9.58. The van der Waals surface area contributed by atoms with E-state index in [1.54, 1.807) is 11.8 Å². The molecule has 6 heteroatoms. The smallest absolute Gasteiger partial charge is 0.239 e. The molecule has 0 radical (unpaired) electrons. The number of amides is 2. The minimum Gasteiger partial charge on any atom is -0.339 e. The molecule has 1 saturated carbocycles. The van der Waals surface area contributed by atoms with Gasteiger partial charge >= 0.3 is 0 Å². The summed E-state index contributed by atoms with van der Waals surface area (Å²) < 4.78 is 0. The Bertz CT molecular complexity index is 349. The number of hydrogen-bond acceptors (Lipinski definition) is 3. The zero-order chi connectivity index (χ0) is 14.5. The maximum absolute atomic E-state index is 12.2. The van der Waals surface area contributed by atoms with Crippen LogP contribution in [0.15, 0.2) is 0 Å². The van der Waals surface area contributed by atoms with Gasteiger partial charge in [0.2, 0.25) is 11.8 Å². The summed E-state index contributed by atoms with van der Waals surface area (Å²) in [6, 6.07) is -0.445. The van der Waals surface area contributed by atoms with Crippen molar-refractivity contribution in [3.05, 3.63) is 0 Å². The topological polar surface area (TPSA) is 66.6 Å². The summed E-state index contributed by atoms with van der Waals surface area (Å²) in [6.45, 7) is 4.26.